The summed E-state index contributed by atoms with van der Waals surface area (Å²) in [5, 5.41) is 0. The number of benzene rings is 1. The zero-order chi connectivity index (χ0) is 13.2. The molecule has 94 valence electrons. The smallest absolute Gasteiger partial charge is 0.0102 e. The van der Waals surface area contributed by atoms with E-state index < -0.39 is 0 Å². The summed E-state index contributed by atoms with van der Waals surface area (Å²) < 4.78 is 0. The van der Waals surface area contributed by atoms with E-state index in [1.54, 1.807) is 0 Å². The Hall–Kier alpha value is -2.08. The maximum atomic E-state index is 2.27. The van der Waals surface area contributed by atoms with Crippen LogP contribution in [0.1, 0.15) is 25.3 Å². The first-order valence-corrected chi connectivity index (χ1v) is 6.84. The Morgan fingerprint density at radius 2 is 1.21 bits per heavy atom. The van der Waals surface area contributed by atoms with Gasteiger partial charge in [-0.1, -0.05) is 80.6 Å². The Labute approximate surface area is 115 Å². The molecule has 2 aliphatic carbocycles. The van der Waals surface area contributed by atoms with Gasteiger partial charge in [0.15, 0.2) is 0 Å². The molecule has 0 amide bonds. The van der Waals surface area contributed by atoms with Crippen LogP contribution in [-0.2, 0) is 0 Å². The second-order valence-corrected chi connectivity index (χ2v) is 5.27. The number of fused-ring (bicyclic) bond motifs is 1. The number of rotatable bonds is 2. The number of hydrogen-bond acceptors (Lipinski definition) is 0. The average molecular weight is 246 g/mol. The SMILES string of the molecule is CC(C)c1ccc2c(-c3ccccc3)ccccc1-2. The lowest BCUT2D eigenvalue weighted by Crippen LogP contribution is -1.86. The third kappa shape index (κ3) is 2.15. The topological polar surface area (TPSA) is 0 Å². The zero-order valence-corrected chi connectivity index (χ0v) is 11.4. The lowest BCUT2D eigenvalue weighted by molar-refractivity contribution is 0.873. The average Bonchev–Trinajstić information content (AvgIpc) is 2.73. The zero-order valence-electron chi connectivity index (χ0n) is 11.4. The highest BCUT2D eigenvalue weighted by molar-refractivity contribution is 5.86. The summed E-state index contributed by atoms with van der Waals surface area (Å²) in [7, 11) is 0. The van der Waals surface area contributed by atoms with Gasteiger partial charge in [-0.15, -0.1) is 0 Å². The Morgan fingerprint density at radius 1 is 0.579 bits per heavy atom. The largest absolute Gasteiger partial charge is 0.0622 e. The van der Waals surface area contributed by atoms with Gasteiger partial charge in [-0.2, -0.15) is 0 Å². The molecule has 2 aliphatic rings. The predicted molar refractivity (Wildman–Crippen MR) is 82.6 cm³/mol. The predicted octanol–water partition coefficient (Wildman–Crippen LogP) is 5.58. The van der Waals surface area contributed by atoms with Crippen molar-refractivity contribution < 1.29 is 0 Å². The molecule has 0 aliphatic heterocycles. The van der Waals surface area contributed by atoms with Crippen molar-refractivity contribution in [3.8, 4) is 22.3 Å². The lowest BCUT2D eigenvalue weighted by atomic mass is 9.96. The first-order valence-electron chi connectivity index (χ1n) is 6.84. The van der Waals surface area contributed by atoms with Gasteiger partial charge in [-0.3, -0.25) is 0 Å². The molecule has 0 heterocycles. The molecule has 0 N–H and O–H groups in total. The molecule has 3 rings (SSSR count). The van der Waals surface area contributed by atoms with E-state index in [1.165, 1.54) is 27.8 Å². The van der Waals surface area contributed by atoms with Crippen LogP contribution in [0, 0.1) is 0 Å². The van der Waals surface area contributed by atoms with Gasteiger partial charge in [0, 0.05) is 0 Å². The molecule has 0 aromatic heterocycles. The van der Waals surface area contributed by atoms with Crippen LogP contribution in [0.2, 0.25) is 0 Å². The quantitative estimate of drug-likeness (QED) is 0.553. The highest BCUT2D eigenvalue weighted by Gasteiger charge is 2.14. The van der Waals surface area contributed by atoms with Crippen LogP contribution in [-0.4, -0.2) is 0 Å². The molecule has 0 saturated carbocycles. The standard InChI is InChI=1S/C19H18/c1-14(2)16-12-13-19-17(10-6-7-11-18(16)19)15-8-4-3-5-9-15/h3-14H,1-2H3. The molecule has 1 aromatic carbocycles. The van der Waals surface area contributed by atoms with Gasteiger partial charge in [0.05, 0.1) is 0 Å². The van der Waals surface area contributed by atoms with Gasteiger partial charge >= 0.3 is 0 Å². The summed E-state index contributed by atoms with van der Waals surface area (Å²) in [5.41, 5.74) is 6.75. The minimum Gasteiger partial charge on any atom is -0.0622 e. The minimum atomic E-state index is 0.559. The van der Waals surface area contributed by atoms with Gasteiger partial charge in [-0.25, -0.2) is 0 Å². The van der Waals surface area contributed by atoms with Crippen molar-refractivity contribution in [2.24, 2.45) is 0 Å². The second-order valence-electron chi connectivity index (χ2n) is 5.27. The monoisotopic (exact) mass is 246 g/mol. The van der Waals surface area contributed by atoms with Crippen LogP contribution in [0.15, 0.2) is 66.7 Å². The maximum absolute atomic E-state index is 2.27. The fraction of sp³-hybridized carbons (Fsp3) is 0.158. The lowest BCUT2D eigenvalue weighted by Gasteiger charge is -2.08. The van der Waals surface area contributed by atoms with Crippen molar-refractivity contribution in [1.29, 1.82) is 0 Å². The molecule has 0 heteroatoms. The molecule has 0 spiro atoms. The molecule has 0 radical (unpaired) electrons. The van der Waals surface area contributed by atoms with Crippen LogP contribution >= 0.6 is 0 Å². The molecule has 0 atom stereocenters. The summed E-state index contributed by atoms with van der Waals surface area (Å²) >= 11 is 0. The van der Waals surface area contributed by atoms with E-state index in [4.69, 9.17) is 0 Å². The van der Waals surface area contributed by atoms with E-state index in [9.17, 15) is 0 Å². The van der Waals surface area contributed by atoms with Crippen molar-refractivity contribution in [3.05, 3.63) is 72.3 Å². The van der Waals surface area contributed by atoms with Gasteiger partial charge in [0.25, 0.3) is 0 Å². The normalized spacial score (nSPS) is 11.1. The van der Waals surface area contributed by atoms with E-state index in [-0.39, 0.29) is 0 Å². The first kappa shape index (κ1) is 12.0. The Kier molecular flexibility index (Phi) is 3.08. The van der Waals surface area contributed by atoms with E-state index in [0.29, 0.717) is 5.92 Å². The van der Waals surface area contributed by atoms with Gasteiger partial charge in [-0.05, 0) is 33.7 Å². The van der Waals surface area contributed by atoms with E-state index in [1.807, 2.05) is 0 Å². The van der Waals surface area contributed by atoms with Crippen molar-refractivity contribution in [3.63, 3.8) is 0 Å². The maximum Gasteiger partial charge on any atom is -0.0102 e. The van der Waals surface area contributed by atoms with E-state index >= 15 is 0 Å². The molecular formula is C19H18. The van der Waals surface area contributed by atoms with Crippen LogP contribution in [0.3, 0.4) is 0 Å². The number of hydrogen-bond donors (Lipinski definition) is 0. The van der Waals surface area contributed by atoms with E-state index in [2.05, 4.69) is 80.6 Å². The third-order valence-corrected chi connectivity index (χ3v) is 3.66. The molecule has 1 aromatic rings. The van der Waals surface area contributed by atoms with Crippen LogP contribution < -0.4 is 0 Å². The molecule has 0 unspecified atom stereocenters. The van der Waals surface area contributed by atoms with Crippen molar-refractivity contribution >= 4 is 0 Å². The molecule has 19 heavy (non-hydrogen) atoms. The Morgan fingerprint density at radius 3 is 1.89 bits per heavy atom. The highest BCUT2D eigenvalue weighted by Crippen LogP contribution is 2.38. The van der Waals surface area contributed by atoms with E-state index in [0.717, 1.165) is 0 Å². The Bertz CT molecular complexity index is 650. The summed E-state index contributed by atoms with van der Waals surface area (Å²) in [6.07, 6.45) is 0. The molecular weight excluding hydrogens is 228 g/mol. The van der Waals surface area contributed by atoms with Crippen LogP contribution in [0.25, 0.3) is 22.3 Å². The molecule has 0 saturated heterocycles. The van der Waals surface area contributed by atoms with Gasteiger partial charge in [0.1, 0.15) is 0 Å². The van der Waals surface area contributed by atoms with Crippen LogP contribution in [0.5, 0.6) is 0 Å². The molecule has 0 fully saturated rings. The summed E-state index contributed by atoms with van der Waals surface area (Å²) in [4.78, 5) is 0. The molecule has 0 nitrogen and oxygen atoms in total. The summed E-state index contributed by atoms with van der Waals surface area (Å²) in [6.45, 7) is 4.51. The first-order chi connectivity index (χ1) is 9.27. The van der Waals surface area contributed by atoms with Gasteiger partial charge in [0.2, 0.25) is 0 Å². The fourth-order valence-corrected chi connectivity index (χ4v) is 2.70. The van der Waals surface area contributed by atoms with Crippen molar-refractivity contribution in [2.75, 3.05) is 0 Å². The summed E-state index contributed by atoms with van der Waals surface area (Å²) in [5.74, 6) is 0.559. The summed E-state index contributed by atoms with van der Waals surface area (Å²) in [6, 6.07) is 23.9. The fourth-order valence-electron chi connectivity index (χ4n) is 2.70. The Balaban J connectivity index is 2.23. The van der Waals surface area contributed by atoms with Crippen molar-refractivity contribution in [2.45, 2.75) is 19.8 Å². The van der Waals surface area contributed by atoms with Crippen molar-refractivity contribution in [1.82, 2.24) is 0 Å². The highest BCUT2D eigenvalue weighted by atomic mass is 14.2. The van der Waals surface area contributed by atoms with Gasteiger partial charge < -0.3 is 0 Å². The second kappa shape index (κ2) is 4.89. The van der Waals surface area contributed by atoms with Crippen LogP contribution in [0.4, 0.5) is 0 Å². The third-order valence-electron chi connectivity index (χ3n) is 3.66. The molecule has 0 bridgehead atoms. The minimum absolute atomic E-state index is 0.559.